The number of H-pyrrole nitrogens is 1. The normalized spacial score (nSPS) is 16.8. The smallest absolute Gasteiger partial charge is 0.0823 e. The molecule has 0 aliphatic carbocycles. The maximum atomic E-state index is 6.16. The molecule has 1 nitrogen and oxygen atoms in total. The quantitative estimate of drug-likeness (QED) is 0.494. The zero-order valence-corrected chi connectivity index (χ0v) is 15.3. The Morgan fingerprint density at radius 1 is 1.17 bits per heavy atom. The molecule has 0 fully saturated rings. The summed E-state index contributed by atoms with van der Waals surface area (Å²) < 4.78 is 0. The number of fused-ring (bicyclic) bond motifs is 3. The summed E-state index contributed by atoms with van der Waals surface area (Å²) in [5, 5.41) is 3.18. The third-order valence-electron chi connectivity index (χ3n) is 4.47. The van der Waals surface area contributed by atoms with Gasteiger partial charge in [-0.1, -0.05) is 77.5 Å². The van der Waals surface area contributed by atoms with Crippen molar-refractivity contribution in [1.29, 1.82) is 0 Å². The summed E-state index contributed by atoms with van der Waals surface area (Å²) >= 11 is 7.95. The van der Waals surface area contributed by atoms with E-state index in [2.05, 4.69) is 61.8 Å². The number of rotatable bonds is 2. The number of hydrogen-bond donors (Lipinski definition) is 1. The van der Waals surface area contributed by atoms with Crippen molar-refractivity contribution in [3.8, 4) is 0 Å². The third kappa shape index (κ3) is 2.60. The maximum absolute atomic E-state index is 6.16. The molecule has 0 bridgehead atoms. The predicted molar refractivity (Wildman–Crippen MR) is 106 cm³/mol. The van der Waals surface area contributed by atoms with Gasteiger partial charge in [0.05, 0.1) is 5.03 Å². The van der Waals surface area contributed by atoms with Gasteiger partial charge in [0.25, 0.3) is 0 Å². The highest BCUT2D eigenvalue weighted by Crippen LogP contribution is 2.49. The fourth-order valence-corrected chi connectivity index (χ4v) is 4.55. The molecule has 4 rings (SSSR count). The van der Waals surface area contributed by atoms with E-state index < -0.39 is 0 Å². The Morgan fingerprint density at radius 2 is 1.92 bits per heavy atom. The van der Waals surface area contributed by atoms with Crippen molar-refractivity contribution >= 4 is 39.2 Å². The van der Waals surface area contributed by atoms with Gasteiger partial charge in [0, 0.05) is 32.3 Å². The first-order valence-corrected chi connectivity index (χ1v) is 9.15. The van der Waals surface area contributed by atoms with Gasteiger partial charge < -0.3 is 4.98 Å². The Hall–Kier alpha value is -1.90. The molecular weight excluding hydrogens is 334 g/mol. The van der Waals surface area contributed by atoms with Crippen LogP contribution in [-0.2, 0) is 0 Å². The number of nitrogens with one attached hydrogen (secondary N) is 1. The van der Waals surface area contributed by atoms with Crippen molar-refractivity contribution in [2.45, 2.75) is 24.8 Å². The SMILES string of the molecule is C=C(C)C1C=C(c2ccc(C)cc2)Sc2[nH]c3cc(Cl)ccc3c21. The lowest BCUT2D eigenvalue weighted by Gasteiger charge is -2.22. The largest absolute Gasteiger partial charge is 0.349 e. The lowest BCUT2D eigenvalue weighted by molar-refractivity contribution is 0.958. The molecule has 1 aliphatic heterocycles. The monoisotopic (exact) mass is 351 g/mol. The van der Waals surface area contributed by atoms with Crippen LogP contribution in [0.3, 0.4) is 0 Å². The Morgan fingerprint density at radius 3 is 2.62 bits per heavy atom. The van der Waals surface area contributed by atoms with E-state index >= 15 is 0 Å². The number of aromatic nitrogens is 1. The van der Waals surface area contributed by atoms with Crippen LogP contribution in [0.5, 0.6) is 0 Å². The Kier molecular flexibility index (Phi) is 3.82. The zero-order valence-electron chi connectivity index (χ0n) is 13.7. The van der Waals surface area contributed by atoms with Crippen LogP contribution in [0.15, 0.2) is 65.7 Å². The number of hydrogen-bond acceptors (Lipinski definition) is 1. The zero-order chi connectivity index (χ0) is 16.8. The Bertz CT molecular complexity index is 979. The van der Waals surface area contributed by atoms with Crippen molar-refractivity contribution in [3.05, 3.63) is 82.4 Å². The minimum atomic E-state index is 0.215. The second-order valence-corrected chi connectivity index (χ2v) is 7.87. The summed E-state index contributed by atoms with van der Waals surface area (Å²) in [6.45, 7) is 8.44. The maximum Gasteiger partial charge on any atom is 0.0823 e. The summed E-state index contributed by atoms with van der Waals surface area (Å²) in [6.07, 6.45) is 2.34. The summed E-state index contributed by atoms with van der Waals surface area (Å²) in [7, 11) is 0. The number of allylic oxidation sites excluding steroid dienone is 2. The molecule has 2 heterocycles. The second kappa shape index (κ2) is 5.87. The van der Waals surface area contributed by atoms with Crippen LogP contribution in [-0.4, -0.2) is 4.98 Å². The van der Waals surface area contributed by atoms with E-state index in [1.807, 2.05) is 12.1 Å². The number of thioether (sulfide) groups is 1. The van der Waals surface area contributed by atoms with Gasteiger partial charge in [-0.25, -0.2) is 0 Å². The van der Waals surface area contributed by atoms with Crippen molar-refractivity contribution in [3.63, 3.8) is 0 Å². The molecule has 2 aromatic carbocycles. The minimum Gasteiger partial charge on any atom is -0.349 e. The van der Waals surface area contributed by atoms with Crippen molar-refractivity contribution < 1.29 is 0 Å². The summed E-state index contributed by atoms with van der Waals surface area (Å²) in [5.74, 6) is 0.215. The molecular formula is C21H18ClNS. The average molecular weight is 352 g/mol. The van der Waals surface area contributed by atoms with Crippen molar-refractivity contribution in [2.24, 2.45) is 0 Å². The molecule has 24 heavy (non-hydrogen) atoms. The lowest BCUT2D eigenvalue weighted by atomic mass is 9.91. The van der Waals surface area contributed by atoms with Gasteiger partial charge in [-0.3, -0.25) is 0 Å². The summed E-state index contributed by atoms with van der Waals surface area (Å²) in [5.41, 5.74) is 6.08. The summed E-state index contributed by atoms with van der Waals surface area (Å²) in [4.78, 5) is 4.82. The number of aryl methyl sites for hydroxylation is 1. The Balaban J connectivity index is 1.88. The molecule has 0 radical (unpaired) electrons. The van der Waals surface area contributed by atoms with E-state index in [1.54, 1.807) is 11.8 Å². The molecule has 3 aromatic rings. The number of benzene rings is 2. The van der Waals surface area contributed by atoms with Gasteiger partial charge in [0.15, 0.2) is 0 Å². The molecule has 1 N–H and O–H groups in total. The molecule has 3 heteroatoms. The molecule has 1 aliphatic rings. The van der Waals surface area contributed by atoms with Gasteiger partial charge >= 0.3 is 0 Å². The van der Waals surface area contributed by atoms with E-state index in [1.165, 1.54) is 32.0 Å². The highest BCUT2D eigenvalue weighted by Gasteiger charge is 2.26. The molecule has 1 unspecified atom stereocenters. The van der Waals surface area contributed by atoms with E-state index in [9.17, 15) is 0 Å². The minimum absolute atomic E-state index is 0.215. The molecule has 120 valence electrons. The van der Waals surface area contributed by atoms with E-state index in [-0.39, 0.29) is 5.92 Å². The highest BCUT2D eigenvalue weighted by atomic mass is 35.5. The predicted octanol–water partition coefficient (Wildman–Crippen LogP) is 6.94. The van der Waals surface area contributed by atoms with Crippen LogP contribution >= 0.6 is 23.4 Å². The van der Waals surface area contributed by atoms with E-state index in [0.29, 0.717) is 0 Å². The highest BCUT2D eigenvalue weighted by molar-refractivity contribution is 8.08. The standard InChI is InChI=1S/C21H18ClNS/c1-12(2)17-11-19(14-6-4-13(3)5-7-14)24-21-20(17)16-9-8-15(22)10-18(16)23-21/h4-11,17,23H,1H2,2-3H3. The average Bonchev–Trinajstić information content (AvgIpc) is 2.91. The van der Waals surface area contributed by atoms with E-state index in [0.717, 1.165) is 16.1 Å². The van der Waals surface area contributed by atoms with E-state index in [4.69, 9.17) is 11.6 Å². The fraction of sp³-hybridized carbons (Fsp3) is 0.143. The van der Waals surface area contributed by atoms with Crippen LogP contribution in [0, 0.1) is 6.92 Å². The first-order chi connectivity index (χ1) is 11.5. The van der Waals surface area contributed by atoms with Gasteiger partial charge in [0.2, 0.25) is 0 Å². The molecule has 1 atom stereocenters. The molecule has 0 spiro atoms. The second-order valence-electron chi connectivity index (χ2n) is 6.38. The van der Waals surface area contributed by atoms with Gasteiger partial charge in [-0.05, 0) is 31.5 Å². The van der Waals surface area contributed by atoms with Crippen LogP contribution in [0.25, 0.3) is 15.8 Å². The fourth-order valence-electron chi connectivity index (χ4n) is 3.20. The topological polar surface area (TPSA) is 15.8 Å². The summed E-state index contributed by atoms with van der Waals surface area (Å²) in [6, 6.07) is 14.8. The first kappa shape index (κ1) is 15.6. The molecule has 0 saturated carbocycles. The van der Waals surface area contributed by atoms with Crippen LogP contribution in [0.1, 0.15) is 29.5 Å². The molecule has 0 amide bonds. The van der Waals surface area contributed by atoms with Crippen molar-refractivity contribution in [2.75, 3.05) is 0 Å². The van der Waals surface area contributed by atoms with Crippen LogP contribution < -0.4 is 0 Å². The van der Waals surface area contributed by atoms with Gasteiger partial charge in [-0.2, -0.15) is 0 Å². The number of aromatic amines is 1. The van der Waals surface area contributed by atoms with Crippen molar-refractivity contribution in [1.82, 2.24) is 4.98 Å². The number of halogens is 1. The lowest BCUT2D eigenvalue weighted by Crippen LogP contribution is -2.02. The van der Waals surface area contributed by atoms with Gasteiger partial charge in [0.1, 0.15) is 0 Å². The molecule has 1 aromatic heterocycles. The third-order valence-corrected chi connectivity index (χ3v) is 5.83. The van der Waals surface area contributed by atoms with Crippen LogP contribution in [0.4, 0.5) is 0 Å². The molecule has 0 saturated heterocycles. The van der Waals surface area contributed by atoms with Gasteiger partial charge in [-0.15, -0.1) is 0 Å². The van der Waals surface area contributed by atoms with Crippen LogP contribution in [0.2, 0.25) is 5.02 Å². The Labute approximate surface area is 151 Å². The first-order valence-electron chi connectivity index (χ1n) is 7.96.